The number of hydrogen-bond donors (Lipinski definition) is 2. The van der Waals surface area contributed by atoms with Crippen LogP contribution in [0.2, 0.25) is 5.02 Å². The first-order valence-electron chi connectivity index (χ1n) is 8.91. The molecule has 4 nitrogen and oxygen atoms in total. The Balaban J connectivity index is 1.54. The van der Waals surface area contributed by atoms with Crippen LogP contribution in [-0.4, -0.2) is 11.8 Å². The Morgan fingerprint density at radius 3 is 2.46 bits per heavy atom. The van der Waals surface area contributed by atoms with Crippen LogP contribution in [0.4, 0.5) is 5.69 Å². The van der Waals surface area contributed by atoms with Crippen LogP contribution >= 0.6 is 11.6 Å². The molecule has 0 saturated heterocycles. The van der Waals surface area contributed by atoms with Crippen LogP contribution in [0.25, 0.3) is 0 Å². The van der Waals surface area contributed by atoms with Gasteiger partial charge in [-0.3, -0.25) is 9.59 Å². The molecule has 1 saturated carbocycles. The van der Waals surface area contributed by atoms with E-state index in [2.05, 4.69) is 17.6 Å². The van der Waals surface area contributed by atoms with Crippen molar-refractivity contribution in [2.75, 3.05) is 5.32 Å². The molecule has 136 valence electrons. The van der Waals surface area contributed by atoms with Crippen molar-refractivity contribution in [2.24, 2.45) is 11.8 Å². The minimum atomic E-state index is -0.246. The maximum Gasteiger partial charge on any atom is 0.228 e. The van der Waals surface area contributed by atoms with Gasteiger partial charge in [0.2, 0.25) is 11.8 Å². The summed E-state index contributed by atoms with van der Waals surface area (Å²) in [6, 6.07) is 13.3. The number of rotatable bonds is 6. The monoisotopic (exact) mass is 370 g/mol. The third kappa shape index (κ3) is 4.25. The lowest BCUT2D eigenvalue weighted by Crippen LogP contribution is -2.27. The van der Waals surface area contributed by atoms with E-state index in [9.17, 15) is 9.59 Å². The molecular weight excluding hydrogens is 348 g/mol. The number of carbonyl (C=O) groups excluding carboxylic acids is 2. The summed E-state index contributed by atoms with van der Waals surface area (Å²) in [6.45, 7) is 4.49. The van der Waals surface area contributed by atoms with E-state index in [-0.39, 0.29) is 23.7 Å². The van der Waals surface area contributed by atoms with Crippen molar-refractivity contribution < 1.29 is 9.59 Å². The standard InChI is InChI=1S/C21H23ClN2O2/c1-3-15-6-4-5-13(2)19(15)24-21(26)18-11-17(18)20(25)23-12-14-7-9-16(22)10-8-14/h4-10,17-18H,3,11-12H2,1-2H3,(H,23,25)(H,24,26). The molecule has 1 aliphatic carbocycles. The van der Waals surface area contributed by atoms with Gasteiger partial charge < -0.3 is 10.6 Å². The molecule has 0 radical (unpaired) electrons. The summed E-state index contributed by atoms with van der Waals surface area (Å²) in [5.41, 5.74) is 4.02. The van der Waals surface area contributed by atoms with Gasteiger partial charge >= 0.3 is 0 Å². The zero-order valence-corrected chi connectivity index (χ0v) is 15.8. The first kappa shape index (κ1) is 18.5. The maximum atomic E-state index is 12.5. The predicted molar refractivity (Wildman–Crippen MR) is 104 cm³/mol. The molecule has 1 aliphatic rings. The number of anilines is 1. The van der Waals surface area contributed by atoms with Crippen molar-refractivity contribution in [3.05, 3.63) is 64.2 Å². The summed E-state index contributed by atoms with van der Waals surface area (Å²) in [7, 11) is 0. The SMILES string of the molecule is CCc1cccc(C)c1NC(=O)C1CC1C(=O)NCc1ccc(Cl)cc1. The minimum absolute atomic E-state index is 0.0688. The number of para-hydroxylation sites is 1. The van der Waals surface area contributed by atoms with Crippen LogP contribution in [0.3, 0.4) is 0 Å². The Kier molecular flexibility index (Phi) is 5.62. The van der Waals surface area contributed by atoms with Gasteiger partial charge in [0.25, 0.3) is 0 Å². The molecule has 2 N–H and O–H groups in total. The normalized spacial score (nSPS) is 18.3. The van der Waals surface area contributed by atoms with Gasteiger partial charge in [0.15, 0.2) is 0 Å². The van der Waals surface area contributed by atoms with E-state index in [1.807, 2.05) is 37.3 Å². The van der Waals surface area contributed by atoms with Gasteiger partial charge in [0.1, 0.15) is 0 Å². The Morgan fingerprint density at radius 2 is 1.77 bits per heavy atom. The molecule has 0 spiro atoms. The lowest BCUT2D eigenvalue weighted by molar-refractivity contribution is -0.125. The van der Waals surface area contributed by atoms with E-state index in [0.29, 0.717) is 18.0 Å². The number of benzene rings is 2. The molecule has 26 heavy (non-hydrogen) atoms. The van der Waals surface area contributed by atoms with Crippen LogP contribution < -0.4 is 10.6 Å². The highest BCUT2D eigenvalue weighted by Crippen LogP contribution is 2.40. The predicted octanol–water partition coefficient (Wildman–Crippen LogP) is 4.10. The van der Waals surface area contributed by atoms with Crippen LogP contribution in [0.15, 0.2) is 42.5 Å². The summed E-state index contributed by atoms with van der Waals surface area (Å²) in [4.78, 5) is 24.8. The Labute approximate surface area is 158 Å². The number of amides is 2. The van der Waals surface area contributed by atoms with E-state index < -0.39 is 0 Å². The van der Waals surface area contributed by atoms with E-state index in [0.717, 1.165) is 28.8 Å². The average Bonchev–Trinajstić information content (AvgIpc) is 3.43. The quantitative estimate of drug-likeness (QED) is 0.804. The van der Waals surface area contributed by atoms with Gasteiger partial charge in [-0.25, -0.2) is 0 Å². The highest BCUT2D eigenvalue weighted by Gasteiger charge is 2.48. The van der Waals surface area contributed by atoms with Crippen molar-refractivity contribution in [1.29, 1.82) is 0 Å². The van der Waals surface area contributed by atoms with Gasteiger partial charge in [0.05, 0.1) is 11.8 Å². The lowest BCUT2D eigenvalue weighted by Gasteiger charge is -2.13. The summed E-state index contributed by atoms with van der Waals surface area (Å²) in [5, 5.41) is 6.59. The fraction of sp³-hybridized carbons (Fsp3) is 0.333. The second-order valence-corrected chi connectivity index (χ2v) is 7.18. The van der Waals surface area contributed by atoms with Gasteiger partial charge in [0, 0.05) is 17.3 Å². The highest BCUT2D eigenvalue weighted by atomic mass is 35.5. The zero-order valence-electron chi connectivity index (χ0n) is 15.0. The molecule has 5 heteroatoms. The molecule has 2 unspecified atom stereocenters. The number of carbonyl (C=O) groups is 2. The molecule has 0 bridgehead atoms. The van der Waals surface area contributed by atoms with Gasteiger partial charge in [-0.05, 0) is 48.6 Å². The van der Waals surface area contributed by atoms with Gasteiger partial charge in [-0.15, -0.1) is 0 Å². The van der Waals surface area contributed by atoms with Crippen molar-refractivity contribution >= 4 is 29.1 Å². The second kappa shape index (κ2) is 7.92. The highest BCUT2D eigenvalue weighted by molar-refractivity contribution is 6.30. The molecule has 3 rings (SSSR count). The number of hydrogen-bond acceptors (Lipinski definition) is 2. The molecule has 0 aliphatic heterocycles. The number of halogens is 1. The molecule has 1 fully saturated rings. The number of aryl methyl sites for hydroxylation is 2. The Morgan fingerprint density at radius 1 is 1.08 bits per heavy atom. The van der Waals surface area contributed by atoms with Gasteiger partial charge in [-0.2, -0.15) is 0 Å². The largest absolute Gasteiger partial charge is 0.352 e. The Bertz CT molecular complexity index is 817. The Hall–Kier alpha value is -2.33. The molecule has 2 aromatic carbocycles. The molecule has 2 aromatic rings. The zero-order chi connectivity index (χ0) is 18.7. The van der Waals surface area contributed by atoms with Crippen LogP contribution in [0.5, 0.6) is 0 Å². The smallest absolute Gasteiger partial charge is 0.228 e. The van der Waals surface area contributed by atoms with Crippen molar-refractivity contribution in [2.45, 2.75) is 33.2 Å². The third-order valence-electron chi connectivity index (χ3n) is 4.83. The first-order chi connectivity index (χ1) is 12.5. The van der Waals surface area contributed by atoms with E-state index in [1.165, 1.54) is 0 Å². The lowest BCUT2D eigenvalue weighted by atomic mass is 10.1. The third-order valence-corrected chi connectivity index (χ3v) is 5.08. The van der Waals surface area contributed by atoms with E-state index >= 15 is 0 Å². The summed E-state index contributed by atoms with van der Waals surface area (Å²) in [5.74, 6) is -0.623. The summed E-state index contributed by atoms with van der Waals surface area (Å²) in [6.07, 6.45) is 1.46. The van der Waals surface area contributed by atoms with Crippen molar-refractivity contribution in [1.82, 2.24) is 5.32 Å². The number of nitrogens with one attached hydrogen (secondary N) is 2. The summed E-state index contributed by atoms with van der Waals surface area (Å²) >= 11 is 5.86. The molecule has 0 aromatic heterocycles. The van der Waals surface area contributed by atoms with Crippen LogP contribution in [-0.2, 0) is 22.6 Å². The van der Waals surface area contributed by atoms with Crippen LogP contribution in [0, 0.1) is 18.8 Å². The van der Waals surface area contributed by atoms with E-state index in [4.69, 9.17) is 11.6 Å². The van der Waals surface area contributed by atoms with Gasteiger partial charge in [-0.1, -0.05) is 48.9 Å². The second-order valence-electron chi connectivity index (χ2n) is 6.74. The molecular formula is C21H23ClN2O2. The van der Waals surface area contributed by atoms with Crippen LogP contribution in [0.1, 0.15) is 30.0 Å². The fourth-order valence-corrected chi connectivity index (χ4v) is 3.24. The first-order valence-corrected chi connectivity index (χ1v) is 9.29. The van der Waals surface area contributed by atoms with E-state index in [1.54, 1.807) is 12.1 Å². The topological polar surface area (TPSA) is 58.2 Å². The summed E-state index contributed by atoms with van der Waals surface area (Å²) < 4.78 is 0. The minimum Gasteiger partial charge on any atom is -0.352 e. The fourth-order valence-electron chi connectivity index (χ4n) is 3.11. The van der Waals surface area contributed by atoms with Crippen molar-refractivity contribution in [3.8, 4) is 0 Å². The molecule has 2 amide bonds. The maximum absolute atomic E-state index is 12.5. The van der Waals surface area contributed by atoms with Crippen molar-refractivity contribution in [3.63, 3.8) is 0 Å². The average molecular weight is 371 g/mol. The molecule has 2 atom stereocenters. The molecule has 0 heterocycles.